The van der Waals surface area contributed by atoms with E-state index in [0.29, 0.717) is 0 Å². The van der Waals surface area contributed by atoms with Crippen molar-refractivity contribution in [2.24, 2.45) is 0 Å². The van der Waals surface area contributed by atoms with Crippen LogP contribution in [0.25, 0.3) is 0 Å². The summed E-state index contributed by atoms with van der Waals surface area (Å²) in [5.74, 6) is -0.521. The fourth-order valence-electron chi connectivity index (χ4n) is 1.20. The van der Waals surface area contributed by atoms with Gasteiger partial charge in [0, 0.05) is 26.8 Å². The Labute approximate surface area is 116 Å². The van der Waals surface area contributed by atoms with E-state index in [1.165, 1.54) is 26.4 Å². The molecule has 0 aliphatic heterocycles. The molecule has 1 heterocycles. The van der Waals surface area contributed by atoms with Gasteiger partial charge in [-0.2, -0.15) is 0 Å². The summed E-state index contributed by atoms with van der Waals surface area (Å²) in [6, 6.07) is 1.33. The van der Waals surface area contributed by atoms with Crippen molar-refractivity contribution >= 4 is 33.3 Å². The lowest BCUT2D eigenvalue weighted by Gasteiger charge is -2.12. The van der Waals surface area contributed by atoms with Gasteiger partial charge in [0.2, 0.25) is 10.0 Å². The van der Waals surface area contributed by atoms with Gasteiger partial charge >= 0.3 is 0 Å². The lowest BCUT2D eigenvalue weighted by atomic mass is 10.2. The molecule has 106 valence electrons. The van der Waals surface area contributed by atoms with Gasteiger partial charge < -0.3 is 11.1 Å². The standard InChI is InChI=1S/C10H15ClN4O3S/c1-15(2)19(17,18)4-3-13-10(16)7-5-9(12)14-6-8(7)11/h5-6H,3-4H2,1-2H3,(H2,12,14)(H,13,16). The second kappa shape index (κ2) is 6.18. The number of hydrogen-bond donors (Lipinski definition) is 2. The van der Waals surface area contributed by atoms with E-state index in [9.17, 15) is 13.2 Å². The topological polar surface area (TPSA) is 105 Å². The number of nitrogens with two attached hydrogens (primary N) is 1. The number of hydrogen-bond acceptors (Lipinski definition) is 5. The van der Waals surface area contributed by atoms with Crippen LogP contribution in [0.3, 0.4) is 0 Å². The number of amides is 1. The van der Waals surface area contributed by atoms with E-state index in [1.807, 2.05) is 0 Å². The van der Waals surface area contributed by atoms with Crippen LogP contribution in [0.1, 0.15) is 10.4 Å². The highest BCUT2D eigenvalue weighted by molar-refractivity contribution is 7.89. The van der Waals surface area contributed by atoms with Crippen LogP contribution in [0.15, 0.2) is 12.3 Å². The van der Waals surface area contributed by atoms with Crippen LogP contribution in [-0.4, -0.2) is 50.0 Å². The van der Waals surface area contributed by atoms with Crippen molar-refractivity contribution in [2.45, 2.75) is 0 Å². The number of nitrogens with zero attached hydrogens (tertiary/aromatic N) is 2. The van der Waals surface area contributed by atoms with Gasteiger partial charge in [-0.3, -0.25) is 4.79 Å². The molecule has 0 aliphatic carbocycles. The number of nitrogens with one attached hydrogen (secondary N) is 1. The highest BCUT2D eigenvalue weighted by atomic mass is 35.5. The Hall–Kier alpha value is -1.38. The van der Waals surface area contributed by atoms with Crippen LogP contribution in [0.5, 0.6) is 0 Å². The summed E-state index contributed by atoms with van der Waals surface area (Å²) in [6.07, 6.45) is 1.27. The van der Waals surface area contributed by atoms with Crippen molar-refractivity contribution in [3.63, 3.8) is 0 Å². The molecule has 3 N–H and O–H groups in total. The quantitative estimate of drug-likeness (QED) is 0.792. The SMILES string of the molecule is CN(C)S(=O)(=O)CCNC(=O)c1cc(N)ncc1Cl. The van der Waals surface area contributed by atoms with Crippen molar-refractivity contribution in [3.05, 3.63) is 22.8 Å². The van der Waals surface area contributed by atoms with E-state index in [4.69, 9.17) is 17.3 Å². The predicted octanol–water partition coefficient (Wildman–Crippen LogP) is -0.0616. The van der Waals surface area contributed by atoms with Gasteiger partial charge in [0.25, 0.3) is 5.91 Å². The molecule has 0 atom stereocenters. The van der Waals surface area contributed by atoms with Crippen LogP contribution in [0.4, 0.5) is 5.82 Å². The van der Waals surface area contributed by atoms with Gasteiger partial charge in [0.15, 0.2) is 0 Å². The number of anilines is 1. The van der Waals surface area contributed by atoms with E-state index in [2.05, 4.69) is 10.3 Å². The molecule has 0 unspecified atom stereocenters. The normalized spacial score (nSPS) is 11.6. The molecule has 1 aromatic rings. The van der Waals surface area contributed by atoms with Crippen LogP contribution >= 0.6 is 11.6 Å². The van der Waals surface area contributed by atoms with Gasteiger partial charge in [0.05, 0.1) is 16.3 Å². The lowest BCUT2D eigenvalue weighted by molar-refractivity contribution is 0.0956. The van der Waals surface area contributed by atoms with Gasteiger partial charge in [-0.15, -0.1) is 0 Å². The molecule has 1 rings (SSSR count). The molecule has 1 aromatic heterocycles. The Kier molecular flexibility index (Phi) is 5.10. The number of carbonyl (C=O) groups is 1. The third kappa shape index (κ3) is 4.34. The molecule has 0 aliphatic rings. The summed E-state index contributed by atoms with van der Waals surface area (Å²) in [7, 11) is -0.489. The Morgan fingerprint density at radius 1 is 1.53 bits per heavy atom. The van der Waals surface area contributed by atoms with Gasteiger partial charge in [-0.05, 0) is 6.07 Å². The minimum absolute atomic E-state index is 0.0160. The fraction of sp³-hybridized carbons (Fsp3) is 0.400. The first-order valence-electron chi connectivity index (χ1n) is 5.33. The molecular formula is C10H15ClN4O3S. The molecule has 0 radical (unpaired) electrons. The monoisotopic (exact) mass is 306 g/mol. The zero-order chi connectivity index (χ0) is 14.6. The minimum atomic E-state index is -3.35. The number of nitrogen functional groups attached to an aromatic ring is 1. The fourth-order valence-corrected chi connectivity index (χ4v) is 2.11. The molecule has 0 saturated heterocycles. The molecule has 0 bridgehead atoms. The van der Waals surface area contributed by atoms with E-state index < -0.39 is 15.9 Å². The molecular weight excluding hydrogens is 292 g/mol. The Morgan fingerprint density at radius 3 is 2.74 bits per heavy atom. The molecule has 19 heavy (non-hydrogen) atoms. The molecule has 0 aromatic carbocycles. The van der Waals surface area contributed by atoms with Crippen molar-refractivity contribution in [1.82, 2.24) is 14.6 Å². The summed E-state index contributed by atoms with van der Waals surface area (Å²) < 4.78 is 24.1. The Morgan fingerprint density at radius 2 is 2.16 bits per heavy atom. The van der Waals surface area contributed by atoms with Crippen LogP contribution < -0.4 is 11.1 Å². The molecule has 0 saturated carbocycles. The van der Waals surface area contributed by atoms with Crippen molar-refractivity contribution < 1.29 is 13.2 Å². The van der Waals surface area contributed by atoms with Crippen LogP contribution in [0, 0.1) is 0 Å². The number of halogens is 1. The molecule has 0 fully saturated rings. The van der Waals surface area contributed by atoms with Crippen molar-refractivity contribution in [2.75, 3.05) is 32.1 Å². The Balaban J connectivity index is 2.64. The van der Waals surface area contributed by atoms with Gasteiger partial charge in [-0.1, -0.05) is 11.6 Å². The molecule has 7 nitrogen and oxygen atoms in total. The van der Waals surface area contributed by atoms with Crippen LogP contribution in [0.2, 0.25) is 5.02 Å². The predicted molar refractivity (Wildman–Crippen MR) is 73.5 cm³/mol. The molecule has 0 spiro atoms. The first-order chi connectivity index (χ1) is 8.74. The number of rotatable bonds is 5. The van der Waals surface area contributed by atoms with Gasteiger partial charge in [-0.25, -0.2) is 17.7 Å². The third-order valence-corrected chi connectivity index (χ3v) is 4.46. The summed E-state index contributed by atoms with van der Waals surface area (Å²) >= 11 is 5.81. The maximum absolute atomic E-state index is 11.8. The van der Waals surface area contributed by atoms with Gasteiger partial charge in [0.1, 0.15) is 5.82 Å². The zero-order valence-electron chi connectivity index (χ0n) is 10.6. The summed E-state index contributed by atoms with van der Waals surface area (Å²) in [6.45, 7) is -0.0160. The highest BCUT2D eigenvalue weighted by Gasteiger charge is 2.15. The first-order valence-corrected chi connectivity index (χ1v) is 7.32. The average Bonchev–Trinajstić information content (AvgIpc) is 2.31. The van der Waals surface area contributed by atoms with E-state index in [1.54, 1.807) is 0 Å². The molecule has 1 amide bonds. The van der Waals surface area contributed by atoms with E-state index in [-0.39, 0.29) is 28.7 Å². The van der Waals surface area contributed by atoms with E-state index in [0.717, 1.165) is 4.31 Å². The lowest BCUT2D eigenvalue weighted by Crippen LogP contribution is -2.34. The average molecular weight is 307 g/mol. The Bertz CT molecular complexity index is 574. The number of sulfonamides is 1. The van der Waals surface area contributed by atoms with Crippen molar-refractivity contribution in [1.29, 1.82) is 0 Å². The number of carbonyl (C=O) groups excluding carboxylic acids is 1. The second-order valence-corrected chi connectivity index (χ2v) is 6.65. The third-order valence-electron chi connectivity index (χ3n) is 2.32. The van der Waals surface area contributed by atoms with E-state index >= 15 is 0 Å². The summed E-state index contributed by atoms with van der Waals surface area (Å²) in [5, 5.41) is 2.62. The van der Waals surface area contributed by atoms with Crippen molar-refractivity contribution in [3.8, 4) is 0 Å². The molecule has 9 heteroatoms. The number of aromatic nitrogens is 1. The smallest absolute Gasteiger partial charge is 0.253 e. The highest BCUT2D eigenvalue weighted by Crippen LogP contribution is 2.16. The summed E-state index contributed by atoms with van der Waals surface area (Å²) in [5.41, 5.74) is 5.61. The maximum atomic E-state index is 11.8. The first kappa shape index (κ1) is 15.7. The maximum Gasteiger partial charge on any atom is 0.253 e. The minimum Gasteiger partial charge on any atom is -0.384 e. The summed E-state index contributed by atoms with van der Waals surface area (Å²) in [4.78, 5) is 15.5. The zero-order valence-corrected chi connectivity index (χ0v) is 12.1. The number of pyridine rings is 1. The largest absolute Gasteiger partial charge is 0.384 e. The van der Waals surface area contributed by atoms with Crippen LogP contribution in [-0.2, 0) is 10.0 Å². The second-order valence-electron chi connectivity index (χ2n) is 3.94.